The van der Waals surface area contributed by atoms with Gasteiger partial charge in [0.15, 0.2) is 5.75 Å². The molecule has 3 aromatic rings. The molecular formula is C28H29N3O3S. The zero-order valence-corrected chi connectivity index (χ0v) is 20.6. The van der Waals surface area contributed by atoms with Gasteiger partial charge in [-0.25, -0.2) is 0 Å². The molecule has 5 rings (SSSR count). The van der Waals surface area contributed by atoms with E-state index in [1.807, 2.05) is 23.9 Å². The summed E-state index contributed by atoms with van der Waals surface area (Å²) in [6.45, 7) is 2.75. The Bertz CT molecular complexity index is 1190. The highest BCUT2D eigenvalue weighted by Gasteiger charge is 2.30. The molecule has 3 aromatic carbocycles. The van der Waals surface area contributed by atoms with E-state index in [0.29, 0.717) is 11.6 Å². The molecule has 6 nitrogen and oxygen atoms in total. The molecule has 0 aliphatic carbocycles. The summed E-state index contributed by atoms with van der Waals surface area (Å²) in [6, 6.07) is 23.1. The van der Waals surface area contributed by atoms with Gasteiger partial charge in [0.2, 0.25) is 0 Å². The minimum atomic E-state index is -0.376. The number of methoxy groups -OCH3 is 1. The lowest BCUT2D eigenvalue weighted by Gasteiger charge is -2.40. The molecule has 2 heterocycles. The molecule has 0 radical (unpaired) electrons. The van der Waals surface area contributed by atoms with Gasteiger partial charge in [-0.3, -0.25) is 15.0 Å². The lowest BCUT2D eigenvalue weighted by atomic mass is 10.00. The van der Waals surface area contributed by atoms with E-state index in [0.717, 1.165) is 38.2 Å². The predicted molar refractivity (Wildman–Crippen MR) is 143 cm³/mol. The fourth-order valence-electron chi connectivity index (χ4n) is 5.05. The van der Waals surface area contributed by atoms with Crippen LogP contribution in [-0.4, -0.2) is 42.6 Å². The number of hydrogen-bond donors (Lipinski definition) is 0. The summed E-state index contributed by atoms with van der Waals surface area (Å²) >= 11 is 1.92. The first-order valence-corrected chi connectivity index (χ1v) is 12.9. The van der Waals surface area contributed by atoms with E-state index in [1.165, 1.54) is 28.9 Å². The second-order valence-corrected chi connectivity index (χ2v) is 9.86. The number of hydrogen-bond acceptors (Lipinski definition) is 6. The van der Waals surface area contributed by atoms with E-state index in [1.54, 1.807) is 18.2 Å². The van der Waals surface area contributed by atoms with Crippen LogP contribution in [0.25, 0.3) is 6.08 Å². The third-order valence-electron chi connectivity index (χ3n) is 6.78. The van der Waals surface area contributed by atoms with Crippen LogP contribution < -0.4 is 9.64 Å². The van der Waals surface area contributed by atoms with Crippen molar-refractivity contribution in [1.82, 2.24) is 4.90 Å². The van der Waals surface area contributed by atoms with Crippen LogP contribution in [0.15, 0.2) is 77.7 Å². The molecule has 0 amide bonds. The van der Waals surface area contributed by atoms with Crippen molar-refractivity contribution in [1.29, 1.82) is 0 Å². The number of ether oxygens (including phenoxy) is 1. The summed E-state index contributed by atoms with van der Waals surface area (Å²) in [7, 11) is 1.46. The molecule has 0 spiro atoms. The predicted octanol–water partition coefficient (Wildman–Crippen LogP) is 6.53. The first kappa shape index (κ1) is 23.5. The molecule has 0 bridgehead atoms. The number of anilines is 2. The molecular weight excluding hydrogens is 458 g/mol. The second kappa shape index (κ2) is 10.5. The lowest BCUT2D eigenvalue weighted by molar-refractivity contribution is -0.386. The van der Waals surface area contributed by atoms with Crippen molar-refractivity contribution in [3.63, 3.8) is 0 Å². The van der Waals surface area contributed by atoms with Gasteiger partial charge in [0.25, 0.3) is 0 Å². The Morgan fingerprint density at radius 1 is 1.03 bits per heavy atom. The first-order valence-electron chi connectivity index (χ1n) is 11.9. The van der Waals surface area contributed by atoms with E-state index in [9.17, 15) is 10.1 Å². The maximum atomic E-state index is 11.5. The van der Waals surface area contributed by atoms with E-state index in [4.69, 9.17) is 4.74 Å². The molecule has 2 aliphatic rings. The van der Waals surface area contributed by atoms with Crippen molar-refractivity contribution in [3.8, 4) is 5.75 Å². The Morgan fingerprint density at radius 2 is 1.77 bits per heavy atom. The van der Waals surface area contributed by atoms with E-state index in [2.05, 4.69) is 58.3 Å². The molecule has 0 unspecified atom stereocenters. The number of thioether (sulfide) groups is 1. The summed E-state index contributed by atoms with van der Waals surface area (Å²) in [4.78, 5) is 17.5. The molecule has 0 aromatic heterocycles. The minimum absolute atomic E-state index is 0.0151. The molecule has 180 valence electrons. The highest BCUT2D eigenvalue weighted by molar-refractivity contribution is 7.98. The zero-order valence-electron chi connectivity index (χ0n) is 19.8. The van der Waals surface area contributed by atoms with Crippen molar-refractivity contribution in [2.75, 3.05) is 31.6 Å². The van der Waals surface area contributed by atoms with Crippen LogP contribution in [0.1, 0.15) is 24.0 Å². The number of nitro groups is 1. The normalized spacial score (nSPS) is 16.5. The van der Waals surface area contributed by atoms with Gasteiger partial charge in [-0.1, -0.05) is 48.6 Å². The van der Waals surface area contributed by atoms with Crippen LogP contribution in [0.2, 0.25) is 0 Å². The number of rotatable bonds is 6. The van der Waals surface area contributed by atoms with E-state index in [-0.39, 0.29) is 16.4 Å². The molecule has 35 heavy (non-hydrogen) atoms. The highest BCUT2D eigenvalue weighted by atomic mass is 32.2. The van der Waals surface area contributed by atoms with Crippen LogP contribution in [0.3, 0.4) is 0 Å². The van der Waals surface area contributed by atoms with Gasteiger partial charge in [-0.05, 0) is 48.7 Å². The zero-order chi connectivity index (χ0) is 24.2. The number of nitrogens with zero attached hydrogens (tertiary/aromatic N) is 3. The van der Waals surface area contributed by atoms with E-state index >= 15 is 0 Å². The van der Waals surface area contributed by atoms with Crippen molar-refractivity contribution >= 4 is 34.9 Å². The fraction of sp³-hybridized carbons (Fsp3) is 0.286. The third kappa shape index (κ3) is 4.92. The molecule has 7 heteroatoms. The molecule has 0 atom stereocenters. The number of piperidine rings is 1. The van der Waals surface area contributed by atoms with Crippen molar-refractivity contribution in [3.05, 3.63) is 94.0 Å². The first-order chi connectivity index (χ1) is 17.2. The number of likely N-dealkylation sites (tertiary alicyclic amines) is 1. The van der Waals surface area contributed by atoms with Gasteiger partial charge in [0.1, 0.15) is 0 Å². The lowest BCUT2D eigenvalue weighted by Crippen LogP contribution is -2.43. The Hall–Kier alpha value is -3.29. The number of para-hydroxylation sites is 3. The summed E-state index contributed by atoms with van der Waals surface area (Å²) in [5.74, 6) is 1.28. The highest BCUT2D eigenvalue weighted by Crippen LogP contribution is 2.44. The standard InChI is InChI=1S/C28H29N3O3S/c1-34-26-13-6-9-21(28(26)31(32)33)10-7-17-29-18-15-23(16-19-29)30-24-11-3-2-8-22(24)20-35-27-14-5-4-12-25(27)30/h2-14,23H,15-20H2,1H3. The molecule has 2 aliphatic heterocycles. The van der Waals surface area contributed by atoms with Crippen LogP contribution in [0, 0.1) is 10.1 Å². The third-order valence-corrected chi connectivity index (χ3v) is 7.89. The average Bonchev–Trinajstić information content (AvgIpc) is 3.06. The summed E-state index contributed by atoms with van der Waals surface area (Å²) < 4.78 is 5.18. The SMILES string of the molecule is COc1cccc(C=CCN2CCC(N3c4ccccc4CSc4ccccc43)CC2)c1[N+](=O)[O-]. The fourth-order valence-corrected chi connectivity index (χ4v) is 6.09. The van der Waals surface area contributed by atoms with Crippen LogP contribution >= 0.6 is 11.8 Å². The maximum Gasteiger partial charge on any atom is 0.318 e. The Labute approximate surface area is 210 Å². The minimum Gasteiger partial charge on any atom is -0.490 e. The number of fused-ring (bicyclic) bond motifs is 2. The van der Waals surface area contributed by atoms with Crippen molar-refractivity contribution in [2.24, 2.45) is 0 Å². The van der Waals surface area contributed by atoms with Crippen LogP contribution in [-0.2, 0) is 5.75 Å². The Kier molecular flexibility index (Phi) is 7.06. The van der Waals surface area contributed by atoms with Gasteiger partial charge in [-0.2, -0.15) is 0 Å². The van der Waals surface area contributed by atoms with E-state index < -0.39 is 0 Å². The van der Waals surface area contributed by atoms with Crippen molar-refractivity contribution in [2.45, 2.75) is 29.5 Å². The van der Waals surface area contributed by atoms with Gasteiger partial charge >= 0.3 is 5.69 Å². The molecule has 0 saturated carbocycles. The maximum absolute atomic E-state index is 11.5. The van der Waals surface area contributed by atoms with Gasteiger partial charge in [-0.15, -0.1) is 11.8 Å². The van der Waals surface area contributed by atoms with Gasteiger partial charge < -0.3 is 9.64 Å². The smallest absolute Gasteiger partial charge is 0.318 e. The largest absolute Gasteiger partial charge is 0.490 e. The van der Waals surface area contributed by atoms with Crippen molar-refractivity contribution < 1.29 is 9.66 Å². The Balaban J connectivity index is 1.29. The monoisotopic (exact) mass is 487 g/mol. The van der Waals surface area contributed by atoms with Gasteiger partial charge in [0, 0.05) is 42.0 Å². The van der Waals surface area contributed by atoms with Gasteiger partial charge in [0.05, 0.1) is 23.3 Å². The molecule has 1 saturated heterocycles. The molecule has 1 fully saturated rings. The van der Waals surface area contributed by atoms with Crippen LogP contribution in [0.4, 0.5) is 17.1 Å². The van der Waals surface area contributed by atoms with Crippen LogP contribution in [0.5, 0.6) is 5.75 Å². The molecule has 0 N–H and O–H groups in total. The number of nitro benzene ring substituents is 1. The Morgan fingerprint density at radius 3 is 2.54 bits per heavy atom. The second-order valence-electron chi connectivity index (χ2n) is 8.84. The average molecular weight is 488 g/mol. The summed E-state index contributed by atoms with van der Waals surface area (Å²) in [6.07, 6.45) is 6.00. The number of benzene rings is 3. The summed E-state index contributed by atoms with van der Waals surface area (Å²) in [5, 5.41) is 11.5. The summed E-state index contributed by atoms with van der Waals surface area (Å²) in [5.41, 5.74) is 4.61. The topological polar surface area (TPSA) is 58.8 Å². The quantitative estimate of drug-likeness (QED) is 0.291.